The fourth-order valence-electron chi connectivity index (χ4n) is 10.5. The highest BCUT2D eigenvalue weighted by Gasteiger charge is 2.35. The van der Waals surface area contributed by atoms with Gasteiger partial charge in [0.05, 0.1) is 22.4 Å². The van der Waals surface area contributed by atoms with E-state index in [-0.39, 0.29) is 5.41 Å². The summed E-state index contributed by atoms with van der Waals surface area (Å²) in [5.41, 5.74) is 19.3. The van der Waals surface area contributed by atoms with E-state index in [1.807, 2.05) is 0 Å². The number of nitrogens with zero attached hydrogens (tertiary/aromatic N) is 2. The Kier molecular flexibility index (Phi) is 8.55. The van der Waals surface area contributed by atoms with Crippen LogP contribution in [0.4, 0.5) is 17.1 Å². The van der Waals surface area contributed by atoms with Crippen molar-refractivity contribution in [2.75, 3.05) is 4.90 Å². The van der Waals surface area contributed by atoms with Crippen molar-refractivity contribution in [3.8, 4) is 50.2 Å². The van der Waals surface area contributed by atoms with Crippen LogP contribution in [0.1, 0.15) is 25.0 Å². The number of hydrogen-bond donors (Lipinski definition) is 0. The van der Waals surface area contributed by atoms with Gasteiger partial charge >= 0.3 is 0 Å². The molecule has 63 heavy (non-hydrogen) atoms. The molecule has 0 fully saturated rings. The summed E-state index contributed by atoms with van der Waals surface area (Å²) in [7, 11) is 0. The van der Waals surface area contributed by atoms with Gasteiger partial charge in [0.2, 0.25) is 0 Å². The third-order valence-corrected chi connectivity index (χ3v) is 13.4. The number of benzene rings is 10. The van der Waals surface area contributed by atoms with Crippen molar-refractivity contribution in [2.45, 2.75) is 19.3 Å². The van der Waals surface area contributed by atoms with Crippen LogP contribution in [0.25, 0.3) is 82.8 Å². The van der Waals surface area contributed by atoms with Gasteiger partial charge in [-0.05, 0) is 110 Å². The topological polar surface area (TPSA) is 8.17 Å². The number of para-hydroxylation sites is 4. The molecule has 0 N–H and O–H groups in total. The van der Waals surface area contributed by atoms with Gasteiger partial charge in [0.15, 0.2) is 0 Å². The van der Waals surface area contributed by atoms with Gasteiger partial charge in [0.1, 0.15) is 0 Å². The largest absolute Gasteiger partial charge is 0.309 e. The Morgan fingerprint density at radius 1 is 0.365 bits per heavy atom. The first-order valence-electron chi connectivity index (χ1n) is 21.9. The molecule has 0 radical (unpaired) electrons. The lowest BCUT2D eigenvalue weighted by Gasteiger charge is -2.30. The van der Waals surface area contributed by atoms with Crippen molar-refractivity contribution in [1.82, 2.24) is 4.57 Å². The van der Waals surface area contributed by atoms with Gasteiger partial charge in [-0.3, -0.25) is 0 Å². The quantitative estimate of drug-likeness (QED) is 0.156. The van der Waals surface area contributed by atoms with E-state index < -0.39 is 0 Å². The minimum absolute atomic E-state index is 0.119. The predicted octanol–water partition coefficient (Wildman–Crippen LogP) is 16.7. The Hall–Kier alpha value is -7.94. The van der Waals surface area contributed by atoms with E-state index in [9.17, 15) is 0 Å². The van der Waals surface area contributed by atoms with Gasteiger partial charge in [-0.15, -0.1) is 0 Å². The summed E-state index contributed by atoms with van der Waals surface area (Å²) in [6, 6.07) is 84.8. The van der Waals surface area contributed by atoms with E-state index in [4.69, 9.17) is 0 Å². The number of fused-ring (bicyclic) bond motifs is 7. The van der Waals surface area contributed by atoms with E-state index >= 15 is 0 Å². The molecule has 1 aliphatic rings. The summed E-state index contributed by atoms with van der Waals surface area (Å²) in [6.07, 6.45) is 0. The highest BCUT2D eigenvalue weighted by molar-refractivity contribution is 6.12. The smallest absolute Gasteiger partial charge is 0.0542 e. The molecule has 0 unspecified atom stereocenters. The zero-order chi connectivity index (χ0) is 42.1. The summed E-state index contributed by atoms with van der Waals surface area (Å²) >= 11 is 0. The first-order valence-corrected chi connectivity index (χ1v) is 21.9. The zero-order valence-electron chi connectivity index (χ0n) is 35.3. The Morgan fingerprint density at radius 3 is 1.75 bits per heavy atom. The summed E-state index contributed by atoms with van der Waals surface area (Å²) in [4.78, 5) is 2.51. The Labute approximate surface area is 368 Å². The molecule has 0 spiro atoms. The van der Waals surface area contributed by atoms with Crippen molar-refractivity contribution < 1.29 is 0 Å². The second-order valence-electron chi connectivity index (χ2n) is 17.3. The minimum atomic E-state index is -0.119. The van der Waals surface area contributed by atoms with Gasteiger partial charge < -0.3 is 9.47 Å². The molecule has 1 heterocycles. The first-order chi connectivity index (χ1) is 31.0. The summed E-state index contributed by atoms with van der Waals surface area (Å²) < 4.78 is 2.40. The summed E-state index contributed by atoms with van der Waals surface area (Å²) in [5, 5.41) is 4.89. The van der Waals surface area contributed by atoms with E-state index in [0.717, 1.165) is 22.7 Å². The molecule has 2 heteroatoms. The lowest BCUT2D eigenvalue weighted by molar-refractivity contribution is 0.660. The summed E-state index contributed by atoms with van der Waals surface area (Å²) in [6.45, 7) is 4.73. The third kappa shape index (κ3) is 5.86. The van der Waals surface area contributed by atoms with Gasteiger partial charge in [-0.2, -0.15) is 0 Å². The second kappa shape index (κ2) is 14.6. The highest BCUT2D eigenvalue weighted by Crippen LogP contribution is 2.52. The zero-order valence-corrected chi connectivity index (χ0v) is 35.3. The molecule has 0 atom stereocenters. The molecule has 0 saturated carbocycles. The lowest BCUT2D eigenvalue weighted by atomic mass is 9.81. The maximum atomic E-state index is 2.51. The van der Waals surface area contributed by atoms with Crippen molar-refractivity contribution in [1.29, 1.82) is 0 Å². The minimum Gasteiger partial charge on any atom is -0.309 e. The van der Waals surface area contributed by atoms with Crippen LogP contribution in [0.5, 0.6) is 0 Å². The van der Waals surface area contributed by atoms with Gasteiger partial charge in [-0.25, -0.2) is 0 Å². The Balaban J connectivity index is 1.13. The maximum Gasteiger partial charge on any atom is 0.0542 e. The molecule has 12 rings (SSSR count). The molecular formula is C61H44N2. The second-order valence-corrected chi connectivity index (χ2v) is 17.3. The monoisotopic (exact) mass is 804 g/mol. The predicted molar refractivity (Wildman–Crippen MR) is 267 cm³/mol. The standard InChI is InChI=1S/C61H44N2/c1-61(2)54-31-13-9-26-48(54)49-37-35-43(39-55(49)61)46-25-10-14-32-56(46)63(45-36-38-59-53(40-45)51-28-12-16-34-58(51)62(59)44-23-7-4-8-24-44)57-33-15-11-27-50(57)52-30-18-22-42-21-17-29-47(60(42)52)41-19-5-3-6-20-41/h3-40H,1-2H3. The SMILES string of the molecule is CC1(C)c2ccccc2-c2ccc(-c3ccccc3N(c3ccc4c(c3)c3ccccc3n4-c3ccccc3)c3ccccc3-c3cccc4cccc(-c5ccccc5)c34)cc21. The average molecular weight is 805 g/mol. The van der Waals surface area contributed by atoms with E-state index in [1.165, 1.54) is 88.2 Å². The molecular weight excluding hydrogens is 761 g/mol. The molecule has 1 aromatic heterocycles. The molecule has 10 aromatic carbocycles. The van der Waals surface area contributed by atoms with Crippen LogP contribution in [0.3, 0.4) is 0 Å². The normalized spacial score (nSPS) is 12.7. The van der Waals surface area contributed by atoms with E-state index in [0.29, 0.717) is 0 Å². The summed E-state index contributed by atoms with van der Waals surface area (Å²) in [5.74, 6) is 0. The van der Waals surface area contributed by atoms with Crippen molar-refractivity contribution in [2.24, 2.45) is 0 Å². The van der Waals surface area contributed by atoms with Crippen LogP contribution in [0.2, 0.25) is 0 Å². The molecule has 0 amide bonds. The van der Waals surface area contributed by atoms with Crippen LogP contribution in [0.15, 0.2) is 231 Å². The van der Waals surface area contributed by atoms with Crippen LogP contribution in [-0.4, -0.2) is 4.57 Å². The van der Waals surface area contributed by atoms with Crippen LogP contribution in [0, 0.1) is 0 Å². The van der Waals surface area contributed by atoms with Crippen LogP contribution in [-0.2, 0) is 5.41 Å². The molecule has 0 bridgehead atoms. The van der Waals surface area contributed by atoms with Gasteiger partial charge in [-0.1, -0.05) is 190 Å². The molecule has 0 aliphatic heterocycles. The number of hydrogen-bond acceptors (Lipinski definition) is 1. The number of anilines is 3. The molecule has 1 aliphatic carbocycles. The number of aromatic nitrogens is 1. The highest BCUT2D eigenvalue weighted by atomic mass is 15.1. The van der Waals surface area contributed by atoms with E-state index in [2.05, 4.69) is 254 Å². The molecule has 2 nitrogen and oxygen atoms in total. The van der Waals surface area contributed by atoms with Crippen molar-refractivity contribution >= 4 is 49.6 Å². The van der Waals surface area contributed by atoms with Gasteiger partial charge in [0, 0.05) is 38.7 Å². The van der Waals surface area contributed by atoms with Crippen LogP contribution < -0.4 is 4.90 Å². The third-order valence-electron chi connectivity index (χ3n) is 13.4. The fraction of sp³-hybridized carbons (Fsp3) is 0.0492. The Morgan fingerprint density at radius 2 is 0.952 bits per heavy atom. The van der Waals surface area contributed by atoms with Crippen LogP contribution >= 0.6 is 0 Å². The molecule has 0 saturated heterocycles. The fourth-order valence-corrected chi connectivity index (χ4v) is 10.5. The lowest BCUT2D eigenvalue weighted by Crippen LogP contribution is -2.15. The van der Waals surface area contributed by atoms with Crippen molar-refractivity contribution in [3.05, 3.63) is 242 Å². The average Bonchev–Trinajstić information content (AvgIpc) is 3.79. The Bertz CT molecular complexity index is 3530. The van der Waals surface area contributed by atoms with Crippen molar-refractivity contribution in [3.63, 3.8) is 0 Å². The first kappa shape index (κ1) is 36.9. The number of rotatable bonds is 7. The van der Waals surface area contributed by atoms with E-state index in [1.54, 1.807) is 0 Å². The molecule has 298 valence electrons. The maximum absolute atomic E-state index is 2.51. The van der Waals surface area contributed by atoms with Gasteiger partial charge in [0.25, 0.3) is 0 Å². The molecule has 11 aromatic rings.